The second-order valence-electron chi connectivity index (χ2n) is 8.12. The number of rotatable bonds is 12. The fraction of sp³-hybridized carbons (Fsp3) is 0.286. The lowest BCUT2D eigenvalue weighted by molar-refractivity contribution is -0.114. The van der Waals surface area contributed by atoms with Crippen molar-refractivity contribution >= 4 is 28.9 Å². The fourth-order valence-corrected chi connectivity index (χ4v) is 3.46. The average Bonchev–Trinajstić information content (AvgIpc) is 2.88. The van der Waals surface area contributed by atoms with Crippen molar-refractivity contribution in [3.8, 4) is 5.75 Å². The molecule has 0 saturated carbocycles. The van der Waals surface area contributed by atoms with Crippen molar-refractivity contribution in [3.63, 3.8) is 0 Å². The molecule has 0 spiro atoms. The molecule has 34 heavy (non-hydrogen) atoms. The van der Waals surface area contributed by atoms with Crippen molar-refractivity contribution in [1.29, 1.82) is 0 Å². The van der Waals surface area contributed by atoms with Crippen LogP contribution in [0.4, 0.5) is 17.1 Å². The van der Waals surface area contributed by atoms with Gasteiger partial charge < -0.3 is 20.3 Å². The van der Waals surface area contributed by atoms with Gasteiger partial charge in [0.25, 0.3) is 5.91 Å². The molecule has 0 aliphatic rings. The van der Waals surface area contributed by atoms with Gasteiger partial charge in [0.15, 0.2) is 0 Å². The number of anilines is 3. The Balaban J connectivity index is 1.46. The molecule has 2 amide bonds. The number of benzene rings is 3. The van der Waals surface area contributed by atoms with E-state index in [0.29, 0.717) is 17.9 Å². The lowest BCUT2D eigenvalue weighted by Gasteiger charge is -2.17. The summed E-state index contributed by atoms with van der Waals surface area (Å²) < 4.78 is 5.80. The van der Waals surface area contributed by atoms with E-state index >= 15 is 0 Å². The highest BCUT2D eigenvalue weighted by Gasteiger charge is 2.13. The Morgan fingerprint density at radius 2 is 1.62 bits per heavy atom. The summed E-state index contributed by atoms with van der Waals surface area (Å²) in [7, 11) is 1.74. The van der Waals surface area contributed by atoms with Crippen LogP contribution in [-0.2, 0) is 4.79 Å². The van der Waals surface area contributed by atoms with Crippen molar-refractivity contribution < 1.29 is 14.3 Å². The molecule has 0 atom stereocenters. The van der Waals surface area contributed by atoms with Crippen LogP contribution in [0.25, 0.3) is 0 Å². The van der Waals surface area contributed by atoms with Crippen molar-refractivity contribution in [2.75, 3.05) is 35.7 Å². The van der Waals surface area contributed by atoms with E-state index in [4.69, 9.17) is 4.74 Å². The van der Waals surface area contributed by atoms with Crippen molar-refractivity contribution in [2.45, 2.75) is 32.6 Å². The number of unbranched alkanes of at least 4 members (excludes halogenated alkanes) is 3. The first kappa shape index (κ1) is 24.8. The number of para-hydroxylation sites is 1. The smallest absolute Gasteiger partial charge is 0.258 e. The Morgan fingerprint density at radius 3 is 2.35 bits per heavy atom. The lowest BCUT2D eigenvalue weighted by atomic mass is 10.1. The van der Waals surface area contributed by atoms with E-state index < -0.39 is 0 Å². The van der Waals surface area contributed by atoms with Crippen LogP contribution in [0.15, 0.2) is 78.9 Å². The summed E-state index contributed by atoms with van der Waals surface area (Å²) in [6.07, 6.45) is 4.65. The number of amides is 2. The van der Waals surface area contributed by atoms with Gasteiger partial charge in [-0.3, -0.25) is 9.59 Å². The first-order valence-electron chi connectivity index (χ1n) is 11.8. The maximum absolute atomic E-state index is 12.7. The monoisotopic (exact) mass is 459 g/mol. The zero-order valence-corrected chi connectivity index (χ0v) is 19.9. The van der Waals surface area contributed by atoms with Crippen molar-refractivity contribution in [2.24, 2.45) is 0 Å². The molecule has 6 nitrogen and oxygen atoms in total. The topological polar surface area (TPSA) is 70.7 Å². The highest BCUT2D eigenvalue weighted by molar-refractivity contribution is 6.06. The Morgan fingerprint density at radius 1 is 0.853 bits per heavy atom. The quantitative estimate of drug-likeness (QED) is 0.327. The second-order valence-corrected chi connectivity index (χ2v) is 8.12. The summed E-state index contributed by atoms with van der Waals surface area (Å²) >= 11 is 0. The Kier molecular flexibility index (Phi) is 9.52. The molecular weight excluding hydrogens is 426 g/mol. The van der Waals surface area contributed by atoms with E-state index in [0.717, 1.165) is 23.5 Å². The molecule has 3 rings (SSSR count). The molecule has 0 unspecified atom stereocenters. The Labute approximate surface area is 201 Å². The Hall–Kier alpha value is -3.80. The van der Waals surface area contributed by atoms with E-state index in [1.807, 2.05) is 54.6 Å². The largest absolute Gasteiger partial charge is 0.494 e. The molecule has 178 valence electrons. The summed E-state index contributed by atoms with van der Waals surface area (Å²) in [4.78, 5) is 26.7. The van der Waals surface area contributed by atoms with Gasteiger partial charge in [-0.05, 0) is 55.0 Å². The van der Waals surface area contributed by atoms with Gasteiger partial charge in [-0.15, -0.1) is 0 Å². The van der Waals surface area contributed by atoms with Crippen LogP contribution >= 0.6 is 0 Å². The van der Waals surface area contributed by atoms with Crippen LogP contribution in [-0.4, -0.2) is 32.0 Å². The molecule has 3 aromatic carbocycles. The van der Waals surface area contributed by atoms with Crippen molar-refractivity contribution in [1.82, 2.24) is 0 Å². The fourth-order valence-electron chi connectivity index (χ4n) is 3.46. The third-order valence-electron chi connectivity index (χ3n) is 5.42. The highest BCUT2D eigenvalue weighted by atomic mass is 16.5. The third-order valence-corrected chi connectivity index (χ3v) is 5.42. The summed E-state index contributed by atoms with van der Waals surface area (Å²) in [5.41, 5.74) is 2.83. The number of nitrogens with one attached hydrogen (secondary N) is 2. The molecule has 2 N–H and O–H groups in total. The molecule has 3 aromatic rings. The summed E-state index contributed by atoms with van der Waals surface area (Å²) in [5, 5.41) is 5.98. The van der Waals surface area contributed by atoms with Gasteiger partial charge in [-0.1, -0.05) is 50.5 Å². The van der Waals surface area contributed by atoms with Crippen LogP contribution in [0.3, 0.4) is 0 Å². The zero-order chi connectivity index (χ0) is 24.2. The van der Waals surface area contributed by atoms with Crippen LogP contribution in [0.1, 0.15) is 43.0 Å². The number of carbonyl (C=O) groups excluding carboxylic acids is 2. The summed E-state index contributed by atoms with van der Waals surface area (Å²) in [6.45, 7) is 3.01. The highest BCUT2D eigenvalue weighted by Crippen LogP contribution is 2.19. The van der Waals surface area contributed by atoms with Crippen LogP contribution in [0.2, 0.25) is 0 Å². The average molecular weight is 460 g/mol. The normalized spacial score (nSPS) is 10.4. The molecule has 0 aliphatic carbocycles. The van der Waals surface area contributed by atoms with E-state index in [1.165, 1.54) is 19.3 Å². The standard InChI is InChI=1S/C28H33N3O3/c1-3-4-5-9-19-34-26-14-10-11-24(20-26)29-21-27(32)30-23-17-15-22(16-18-23)28(33)31(2)25-12-7-6-8-13-25/h6-8,10-18,20,29H,3-5,9,19,21H2,1-2H3,(H,30,32). The molecule has 0 aromatic heterocycles. The van der Waals surface area contributed by atoms with E-state index in [9.17, 15) is 9.59 Å². The van der Waals surface area contributed by atoms with Crippen LogP contribution < -0.4 is 20.3 Å². The van der Waals surface area contributed by atoms with Gasteiger partial charge in [-0.25, -0.2) is 0 Å². The van der Waals surface area contributed by atoms with Crippen LogP contribution in [0, 0.1) is 0 Å². The number of hydrogen-bond donors (Lipinski definition) is 2. The molecular formula is C28H33N3O3. The third kappa shape index (κ3) is 7.66. The Bertz CT molecular complexity index is 1050. The summed E-state index contributed by atoms with van der Waals surface area (Å²) in [5.74, 6) is 0.507. The van der Waals surface area contributed by atoms with Gasteiger partial charge in [-0.2, -0.15) is 0 Å². The van der Waals surface area contributed by atoms with Gasteiger partial charge in [0.05, 0.1) is 13.2 Å². The van der Waals surface area contributed by atoms with Gasteiger partial charge in [0, 0.05) is 35.7 Å². The van der Waals surface area contributed by atoms with Crippen LogP contribution in [0.5, 0.6) is 5.75 Å². The predicted molar refractivity (Wildman–Crippen MR) is 139 cm³/mol. The lowest BCUT2D eigenvalue weighted by Crippen LogP contribution is -2.26. The van der Waals surface area contributed by atoms with Crippen molar-refractivity contribution in [3.05, 3.63) is 84.4 Å². The number of nitrogens with zero attached hydrogens (tertiary/aromatic N) is 1. The number of carbonyl (C=O) groups is 2. The predicted octanol–water partition coefficient (Wildman–Crippen LogP) is 5.97. The minimum absolute atomic E-state index is 0.113. The minimum atomic E-state index is -0.175. The van der Waals surface area contributed by atoms with E-state index in [-0.39, 0.29) is 18.4 Å². The first-order chi connectivity index (χ1) is 16.6. The minimum Gasteiger partial charge on any atom is -0.494 e. The SMILES string of the molecule is CCCCCCOc1cccc(NCC(=O)Nc2ccc(C(=O)N(C)c3ccccc3)cc2)c1. The molecule has 0 bridgehead atoms. The van der Waals surface area contributed by atoms with Gasteiger partial charge >= 0.3 is 0 Å². The molecule has 6 heteroatoms. The maximum atomic E-state index is 12.7. The second kappa shape index (κ2) is 13.0. The van der Waals surface area contributed by atoms with E-state index in [2.05, 4.69) is 17.6 Å². The van der Waals surface area contributed by atoms with Gasteiger partial charge in [0.1, 0.15) is 5.75 Å². The van der Waals surface area contributed by atoms with Gasteiger partial charge in [0.2, 0.25) is 5.91 Å². The molecule has 0 fully saturated rings. The molecule has 0 saturated heterocycles. The molecule has 0 heterocycles. The number of ether oxygens (including phenoxy) is 1. The molecule has 0 radical (unpaired) electrons. The van der Waals surface area contributed by atoms with E-state index in [1.54, 1.807) is 36.2 Å². The molecule has 0 aliphatic heterocycles. The summed E-state index contributed by atoms with van der Waals surface area (Å²) in [6, 6.07) is 24.0. The first-order valence-corrected chi connectivity index (χ1v) is 11.8. The maximum Gasteiger partial charge on any atom is 0.258 e. The number of hydrogen-bond acceptors (Lipinski definition) is 4. The zero-order valence-electron chi connectivity index (χ0n) is 19.9.